The van der Waals surface area contributed by atoms with Gasteiger partial charge in [0.25, 0.3) is 0 Å². The van der Waals surface area contributed by atoms with E-state index in [1.165, 1.54) is 6.07 Å². The Balaban J connectivity index is 2.00. The number of hydrogen-bond acceptors (Lipinski definition) is 3. The molecule has 0 fully saturated rings. The Hall–Kier alpha value is -2.41. The Morgan fingerprint density at radius 2 is 1.95 bits per heavy atom. The minimum atomic E-state index is -4.39. The average Bonchev–Trinajstić information content (AvgIpc) is 2.89. The first-order chi connectivity index (χ1) is 9.97. The first kappa shape index (κ1) is 13.6. The van der Waals surface area contributed by atoms with Crippen molar-refractivity contribution in [2.45, 2.75) is 12.7 Å². The number of benzene rings is 1. The normalized spacial score (nSPS) is 12.0. The number of nitrogens with two attached hydrogens (primary N) is 1. The third-order valence-corrected chi connectivity index (χ3v) is 3.12. The summed E-state index contributed by atoms with van der Waals surface area (Å²) in [4.78, 5) is 11.2. The quantitative estimate of drug-likeness (QED) is 0.762. The van der Waals surface area contributed by atoms with Crippen molar-refractivity contribution in [3.63, 3.8) is 0 Å². The number of nitrogens with one attached hydrogen (secondary N) is 1. The van der Waals surface area contributed by atoms with E-state index in [0.29, 0.717) is 23.6 Å². The van der Waals surface area contributed by atoms with Gasteiger partial charge in [0.15, 0.2) is 5.82 Å². The number of H-pyrrole nitrogens is 1. The summed E-state index contributed by atoms with van der Waals surface area (Å²) < 4.78 is 37.5. The fourth-order valence-electron chi connectivity index (χ4n) is 2.01. The number of imidazole rings is 1. The molecular weight excluding hydrogens is 281 g/mol. The summed E-state index contributed by atoms with van der Waals surface area (Å²) in [6.07, 6.45) is -3.59. The second kappa shape index (κ2) is 4.85. The van der Waals surface area contributed by atoms with Crippen molar-refractivity contribution >= 4 is 11.0 Å². The van der Waals surface area contributed by atoms with Crippen molar-refractivity contribution in [3.8, 4) is 11.5 Å². The van der Waals surface area contributed by atoms with Crippen LogP contribution in [0.3, 0.4) is 0 Å². The number of aromatic amines is 1. The summed E-state index contributed by atoms with van der Waals surface area (Å²) in [6, 6.07) is 7.80. The van der Waals surface area contributed by atoms with E-state index in [4.69, 9.17) is 5.73 Å². The van der Waals surface area contributed by atoms with Crippen LogP contribution in [0.5, 0.6) is 0 Å². The van der Waals surface area contributed by atoms with Gasteiger partial charge in [-0.25, -0.2) is 4.98 Å². The van der Waals surface area contributed by atoms with Gasteiger partial charge in [0, 0.05) is 12.7 Å². The SMILES string of the molecule is NCc1ccc2nc(-c3ccc(C(F)(F)F)cn3)[nH]c2c1. The average molecular weight is 292 g/mol. The monoisotopic (exact) mass is 292 g/mol. The summed E-state index contributed by atoms with van der Waals surface area (Å²) in [7, 11) is 0. The predicted molar refractivity (Wildman–Crippen MR) is 72.2 cm³/mol. The van der Waals surface area contributed by atoms with E-state index < -0.39 is 11.7 Å². The molecule has 0 radical (unpaired) electrons. The minimum Gasteiger partial charge on any atom is -0.337 e. The van der Waals surface area contributed by atoms with Gasteiger partial charge in [-0.15, -0.1) is 0 Å². The van der Waals surface area contributed by atoms with Gasteiger partial charge in [0.2, 0.25) is 0 Å². The van der Waals surface area contributed by atoms with Gasteiger partial charge in [-0.3, -0.25) is 4.98 Å². The molecule has 2 heterocycles. The maximum Gasteiger partial charge on any atom is 0.417 e. The van der Waals surface area contributed by atoms with Crippen molar-refractivity contribution < 1.29 is 13.2 Å². The maximum atomic E-state index is 12.5. The van der Waals surface area contributed by atoms with Crippen molar-refractivity contribution in [1.82, 2.24) is 15.0 Å². The predicted octanol–water partition coefficient (Wildman–Crippen LogP) is 3.10. The molecule has 21 heavy (non-hydrogen) atoms. The van der Waals surface area contributed by atoms with Crippen LogP contribution in [0, 0.1) is 0 Å². The molecule has 3 N–H and O–H groups in total. The number of rotatable bonds is 2. The van der Waals surface area contributed by atoms with Crippen LogP contribution in [0.4, 0.5) is 13.2 Å². The van der Waals surface area contributed by atoms with Crippen LogP contribution < -0.4 is 5.73 Å². The molecule has 0 saturated carbocycles. The van der Waals surface area contributed by atoms with Crippen molar-refractivity contribution in [3.05, 3.63) is 47.7 Å². The fourth-order valence-corrected chi connectivity index (χ4v) is 2.01. The van der Waals surface area contributed by atoms with E-state index in [1.54, 1.807) is 0 Å². The molecule has 0 aliphatic carbocycles. The number of hydrogen-bond donors (Lipinski definition) is 2. The molecule has 0 saturated heterocycles. The summed E-state index contributed by atoms with van der Waals surface area (Å²) in [6.45, 7) is 0.406. The number of aromatic nitrogens is 3. The van der Waals surface area contributed by atoms with Gasteiger partial charge in [-0.05, 0) is 29.8 Å². The molecule has 0 amide bonds. The third-order valence-electron chi connectivity index (χ3n) is 3.12. The zero-order chi connectivity index (χ0) is 15.0. The number of nitrogens with zero attached hydrogens (tertiary/aromatic N) is 2. The van der Waals surface area contributed by atoms with Gasteiger partial charge in [-0.1, -0.05) is 6.07 Å². The molecule has 4 nitrogen and oxygen atoms in total. The zero-order valence-corrected chi connectivity index (χ0v) is 10.8. The van der Waals surface area contributed by atoms with Crippen molar-refractivity contribution in [1.29, 1.82) is 0 Å². The summed E-state index contributed by atoms with van der Waals surface area (Å²) in [5.74, 6) is 0.424. The minimum absolute atomic E-state index is 0.355. The molecule has 0 bridgehead atoms. The van der Waals surface area contributed by atoms with Crippen LogP contribution in [0.15, 0.2) is 36.5 Å². The molecule has 0 atom stereocenters. The lowest BCUT2D eigenvalue weighted by Crippen LogP contribution is -2.05. The summed E-state index contributed by atoms with van der Waals surface area (Å²) in [5.41, 5.74) is 7.56. The molecule has 2 aromatic heterocycles. The Bertz CT molecular complexity index is 775. The zero-order valence-electron chi connectivity index (χ0n) is 10.8. The smallest absolute Gasteiger partial charge is 0.337 e. The maximum absolute atomic E-state index is 12.5. The topological polar surface area (TPSA) is 67.6 Å². The lowest BCUT2D eigenvalue weighted by Gasteiger charge is -2.05. The molecule has 0 aliphatic heterocycles. The second-order valence-electron chi connectivity index (χ2n) is 4.57. The van der Waals surface area contributed by atoms with Crippen molar-refractivity contribution in [2.75, 3.05) is 0 Å². The molecule has 0 unspecified atom stereocenters. The largest absolute Gasteiger partial charge is 0.417 e. The number of fused-ring (bicyclic) bond motifs is 1. The van der Waals surface area contributed by atoms with E-state index in [9.17, 15) is 13.2 Å². The molecule has 3 aromatic rings. The molecular formula is C14H11F3N4. The van der Waals surface area contributed by atoms with Crippen LogP contribution in [0.1, 0.15) is 11.1 Å². The van der Waals surface area contributed by atoms with E-state index in [1.807, 2.05) is 18.2 Å². The second-order valence-corrected chi connectivity index (χ2v) is 4.57. The molecule has 0 spiro atoms. The number of halogens is 3. The Labute approximate surface area is 117 Å². The molecule has 0 aliphatic rings. The van der Waals surface area contributed by atoms with Crippen LogP contribution in [0.2, 0.25) is 0 Å². The van der Waals surface area contributed by atoms with Crippen molar-refractivity contribution in [2.24, 2.45) is 5.73 Å². The van der Waals surface area contributed by atoms with E-state index in [2.05, 4.69) is 15.0 Å². The van der Waals surface area contributed by atoms with Crippen LogP contribution in [-0.2, 0) is 12.7 Å². The Morgan fingerprint density at radius 1 is 1.14 bits per heavy atom. The summed E-state index contributed by atoms with van der Waals surface area (Å²) in [5, 5.41) is 0. The van der Waals surface area contributed by atoms with Gasteiger partial charge in [0.1, 0.15) is 5.69 Å². The Morgan fingerprint density at radius 3 is 2.57 bits per heavy atom. The molecule has 7 heteroatoms. The van der Waals surface area contributed by atoms with Gasteiger partial charge >= 0.3 is 6.18 Å². The van der Waals surface area contributed by atoms with Crippen LogP contribution in [0.25, 0.3) is 22.6 Å². The first-order valence-electron chi connectivity index (χ1n) is 6.20. The lowest BCUT2D eigenvalue weighted by molar-refractivity contribution is -0.137. The highest BCUT2D eigenvalue weighted by Crippen LogP contribution is 2.29. The summed E-state index contributed by atoms with van der Waals surface area (Å²) >= 11 is 0. The van der Waals surface area contributed by atoms with Gasteiger partial charge < -0.3 is 10.7 Å². The highest BCUT2D eigenvalue weighted by atomic mass is 19.4. The van der Waals surface area contributed by atoms with Gasteiger partial charge in [-0.2, -0.15) is 13.2 Å². The highest BCUT2D eigenvalue weighted by molar-refractivity contribution is 5.79. The van der Waals surface area contributed by atoms with E-state index in [-0.39, 0.29) is 0 Å². The van der Waals surface area contributed by atoms with Gasteiger partial charge in [0.05, 0.1) is 16.6 Å². The van der Waals surface area contributed by atoms with E-state index >= 15 is 0 Å². The fraction of sp³-hybridized carbons (Fsp3) is 0.143. The molecule has 1 aromatic carbocycles. The molecule has 3 rings (SSSR count). The number of alkyl halides is 3. The Kier molecular flexibility index (Phi) is 3.13. The number of pyridine rings is 1. The third kappa shape index (κ3) is 2.59. The standard InChI is InChI=1S/C14H11F3N4/c15-14(16,17)9-2-4-11(19-7-9)13-20-10-3-1-8(6-18)5-12(10)21-13/h1-5,7H,6,18H2,(H,20,21). The van der Waals surface area contributed by atoms with Crippen LogP contribution in [-0.4, -0.2) is 15.0 Å². The van der Waals surface area contributed by atoms with E-state index in [0.717, 1.165) is 23.3 Å². The molecule has 108 valence electrons. The van der Waals surface area contributed by atoms with Crippen LogP contribution >= 0.6 is 0 Å². The lowest BCUT2D eigenvalue weighted by atomic mass is 10.2. The first-order valence-corrected chi connectivity index (χ1v) is 6.20. The highest BCUT2D eigenvalue weighted by Gasteiger charge is 2.30.